The fourth-order valence-corrected chi connectivity index (χ4v) is 7.74. The van der Waals surface area contributed by atoms with Crippen molar-refractivity contribution in [2.45, 2.75) is 86.1 Å². The maximum absolute atomic E-state index is 13.4. The van der Waals surface area contributed by atoms with Crippen molar-refractivity contribution in [1.82, 2.24) is 9.88 Å². The highest BCUT2D eigenvalue weighted by Crippen LogP contribution is 2.46. The van der Waals surface area contributed by atoms with Gasteiger partial charge in [0, 0.05) is 12.6 Å². The Morgan fingerprint density at radius 3 is 2.50 bits per heavy atom. The molecule has 2 aliphatic rings. The summed E-state index contributed by atoms with van der Waals surface area (Å²) in [6.45, 7) is 2.91. The van der Waals surface area contributed by atoms with Gasteiger partial charge in [-0.2, -0.15) is 0 Å². The molecule has 2 N–H and O–H groups in total. The molecule has 2 fully saturated rings. The number of thiazole rings is 1. The molecule has 0 spiro atoms. The molecule has 1 aromatic heterocycles. The first-order chi connectivity index (χ1) is 17.4. The molecule has 0 saturated heterocycles. The molecule has 1 heterocycles. The number of carbonyl (C=O) groups excluding carboxylic acids is 1. The standard InChI is InChI=1S/C27H37N3O4S2/c1-19-6-10-21(11-7-19)30(17-14-20-8-12-22(34-2)13-9-20)26(33)29-25-28-18-23(35-25)36-27(24(31)32)15-4-3-5-16-27/h8-9,12-13,18-19,21H,3-7,10-11,14-17H2,1-2H3,(H,31,32)(H,28,29,33). The van der Waals surface area contributed by atoms with Gasteiger partial charge in [-0.1, -0.05) is 61.4 Å². The second-order valence-electron chi connectivity index (χ2n) is 10.1. The Bertz CT molecular complexity index is 1010. The maximum atomic E-state index is 13.4. The highest BCUT2D eigenvalue weighted by Gasteiger charge is 2.41. The third kappa shape index (κ3) is 6.73. The summed E-state index contributed by atoms with van der Waals surface area (Å²) in [5, 5.41) is 13.4. The number of rotatable bonds is 9. The van der Waals surface area contributed by atoms with E-state index in [-0.39, 0.29) is 12.1 Å². The Balaban J connectivity index is 1.42. The summed E-state index contributed by atoms with van der Waals surface area (Å²) < 4.78 is 5.32. The van der Waals surface area contributed by atoms with Crippen LogP contribution in [0.1, 0.15) is 70.3 Å². The number of nitrogens with one attached hydrogen (secondary N) is 1. The zero-order chi connectivity index (χ0) is 25.5. The van der Waals surface area contributed by atoms with Crippen LogP contribution in [0.3, 0.4) is 0 Å². The molecule has 7 nitrogen and oxygen atoms in total. The van der Waals surface area contributed by atoms with E-state index in [1.54, 1.807) is 13.3 Å². The highest BCUT2D eigenvalue weighted by molar-refractivity contribution is 8.03. The molecule has 0 bridgehead atoms. The van der Waals surface area contributed by atoms with Crippen LogP contribution >= 0.6 is 23.1 Å². The summed E-state index contributed by atoms with van der Waals surface area (Å²) in [4.78, 5) is 31.9. The van der Waals surface area contributed by atoms with Crippen LogP contribution in [0.4, 0.5) is 9.93 Å². The predicted octanol–water partition coefficient (Wildman–Crippen LogP) is 6.69. The van der Waals surface area contributed by atoms with Crippen LogP contribution in [-0.2, 0) is 11.2 Å². The molecule has 0 atom stereocenters. The number of carbonyl (C=O) groups is 2. The molecule has 4 rings (SSSR count). The molecular weight excluding hydrogens is 494 g/mol. The molecule has 2 amide bonds. The Labute approximate surface area is 222 Å². The lowest BCUT2D eigenvalue weighted by Gasteiger charge is -2.36. The number of nitrogens with zero attached hydrogens (tertiary/aromatic N) is 2. The Hall–Kier alpha value is -2.26. The third-order valence-electron chi connectivity index (χ3n) is 7.53. The first-order valence-electron chi connectivity index (χ1n) is 13.0. The van der Waals surface area contributed by atoms with Gasteiger partial charge in [-0.15, -0.1) is 0 Å². The molecule has 0 unspecified atom stereocenters. The third-order valence-corrected chi connectivity index (χ3v) is 10.0. The van der Waals surface area contributed by atoms with Crippen molar-refractivity contribution in [3.05, 3.63) is 36.0 Å². The summed E-state index contributed by atoms with van der Waals surface area (Å²) >= 11 is 2.77. The molecule has 2 aromatic rings. The normalized spacial score (nSPS) is 21.5. The number of aliphatic carboxylic acids is 1. The van der Waals surface area contributed by atoms with Gasteiger partial charge in [0.15, 0.2) is 5.13 Å². The summed E-state index contributed by atoms with van der Waals surface area (Å²) in [5.41, 5.74) is 1.16. The molecule has 36 heavy (non-hydrogen) atoms. The first-order valence-corrected chi connectivity index (χ1v) is 14.6. The molecule has 2 saturated carbocycles. The van der Waals surface area contributed by atoms with Gasteiger partial charge in [0.25, 0.3) is 0 Å². The number of anilines is 1. The van der Waals surface area contributed by atoms with E-state index < -0.39 is 10.7 Å². The van der Waals surface area contributed by atoms with E-state index in [2.05, 4.69) is 17.2 Å². The number of ether oxygens (including phenoxy) is 1. The number of methoxy groups -OCH3 is 1. The number of amides is 2. The second kappa shape index (κ2) is 12.3. The molecule has 0 radical (unpaired) electrons. The van der Waals surface area contributed by atoms with Crippen molar-refractivity contribution >= 4 is 40.2 Å². The Morgan fingerprint density at radius 2 is 1.86 bits per heavy atom. The number of aromatic nitrogens is 1. The van der Waals surface area contributed by atoms with Crippen molar-refractivity contribution in [3.8, 4) is 5.75 Å². The van der Waals surface area contributed by atoms with Gasteiger partial charge in [-0.05, 0) is 68.6 Å². The molecule has 0 aliphatic heterocycles. The van der Waals surface area contributed by atoms with Crippen LogP contribution in [0.2, 0.25) is 0 Å². The van der Waals surface area contributed by atoms with Gasteiger partial charge in [0.2, 0.25) is 0 Å². The average molecular weight is 532 g/mol. The van der Waals surface area contributed by atoms with E-state index in [1.807, 2.05) is 29.2 Å². The fraction of sp³-hybridized carbons (Fsp3) is 0.593. The van der Waals surface area contributed by atoms with Gasteiger partial charge in [-0.25, -0.2) is 9.78 Å². The van der Waals surface area contributed by atoms with Crippen molar-refractivity contribution in [1.29, 1.82) is 0 Å². The number of carboxylic acid groups (broad SMARTS) is 1. The number of hydrogen-bond donors (Lipinski definition) is 2. The number of hydrogen-bond acceptors (Lipinski definition) is 6. The van der Waals surface area contributed by atoms with Crippen LogP contribution in [-0.4, -0.2) is 51.4 Å². The fourth-order valence-electron chi connectivity index (χ4n) is 5.25. The van der Waals surface area contributed by atoms with E-state index >= 15 is 0 Å². The molecule has 1 aromatic carbocycles. The number of carboxylic acids is 1. The van der Waals surface area contributed by atoms with Crippen molar-refractivity contribution in [2.75, 3.05) is 19.0 Å². The quantitative estimate of drug-likeness (QED) is 0.375. The van der Waals surface area contributed by atoms with Crippen molar-refractivity contribution < 1.29 is 19.4 Å². The van der Waals surface area contributed by atoms with Crippen molar-refractivity contribution in [3.63, 3.8) is 0 Å². The van der Waals surface area contributed by atoms with E-state index in [1.165, 1.54) is 23.1 Å². The van der Waals surface area contributed by atoms with E-state index in [4.69, 9.17) is 4.74 Å². The smallest absolute Gasteiger partial charge is 0.323 e. The predicted molar refractivity (Wildman–Crippen MR) is 145 cm³/mol. The first kappa shape index (κ1) is 26.8. The highest BCUT2D eigenvalue weighted by atomic mass is 32.2. The monoisotopic (exact) mass is 531 g/mol. The van der Waals surface area contributed by atoms with Crippen LogP contribution < -0.4 is 10.1 Å². The summed E-state index contributed by atoms with van der Waals surface area (Å²) in [6.07, 6.45) is 11.1. The van der Waals surface area contributed by atoms with Crippen LogP contribution in [0.15, 0.2) is 34.7 Å². The minimum absolute atomic E-state index is 0.125. The zero-order valence-corrected chi connectivity index (χ0v) is 22.8. The molecule has 2 aliphatic carbocycles. The minimum Gasteiger partial charge on any atom is -0.497 e. The Morgan fingerprint density at radius 1 is 1.17 bits per heavy atom. The van der Waals surface area contributed by atoms with Crippen LogP contribution in [0.5, 0.6) is 5.75 Å². The minimum atomic E-state index is -0.782. The lowest BCUT2D eigenvalue weighted by molar-refractivity contribution is -0.140. The van der Waals surface area contributed by atoms with Crippen molar-refractivity contribution in [2.24, 2.45) is 5.92 Å². The van der Waals surface area contributed by atoms with E-state index in [0.29, 0.717) is 30.4 Å². The number of urea groups is 1. The Kier molecular flexibility index (Phi) is 9.17. The molecular formula is C27H37N3O4S2. The zero-order valence-electron chi connectivity index (χ0n) is 21.2. The average Bonchev–Trinajstić information content (AvgIpc) is 3.32. The van der Waals surface area contributed by atoms with Gasteiger partial charge in [0.05, 0.1) is 17.5 Å². The van der Waals surface area contributed by atoms with Gasteiger partial charge < -0.3 is 14.7 Å². The number of benzene rings is 1. The van der Waals surface area contributed by atoms with Crippen LogP contribution in [0, 0.1) is 5.92 Å². The topological polar surface area (TPSA) is 91.8 Å². The molecule has 196 valence electrons. The SMILES string of the molecule is COc1ccc(CCN(C(=O)Nc2ncc(SC3(C(=O)O)CCCCC3)s2)C2CCC(C)CC2)cc1. The van der Waals surface area contributed by atoms with Gasteiger partial charge in [0.1, 0.15) is 10.5 Å². The summed E-state index contributed by atoms with van der Waals surface area (Å²) in [6, 6.07) is 8.09. The summed E-state index contributed by atoms with van der Waals surface area (Å²) in [5.74, 6) is 0.778. The van der Waals surface area contributed by atoms with E-state index in [9.17, 15) is 14.7 Å². The largest absolute Gasteiger partial charge is 0.497 e. The van der Waals surface area contributed by atoms with Gasteiger partial charge in [-0.3, -0.25) is 10.1 Å². The summed E-state index contributed by atoms with van der Waals surface area (Å²) in [7, 11) is 1.66. The lowest BCUT2D eigenvalue weighted by atomic mass is 9.86. The number of thioether (sulfide) groups is 1. The molecule has 9 heteroatoms. The maximum Gasteiger partial charge on any atom is 0.323 e. The van der Waals surface area contributed by atoms with E-state index in [0.717, 1.165) is 66.9 Å². The van der Waals surface area contributed by atoms with Gasteiger partial charge >= 0.3 is 12.0 Å². The van der Waals surface area contributed by atoms with Crippen LogP contribution in [0.25, 0.3) is 0 Å². The lowest BCUT2D eigenvalue weighted by Crippen LogP contribution is -2.45. The second-order valence-corrected chi connectivity index (χ2v) is 12.8.